The number of allylic oxidation sites excluding steroid dienone is 1. The maximum Gasteiger partial charge on any atom is 0.312 e. The van der Waals surface area contributed by atoms with E-state index in [1.165, 1.54) is 0 Å². The second-order valence-corrected chi connectivity index (χ2v) is 9.21. The highest BCUT2D eigenvalue weighted by molar-refractivity contribution is 6.15. The molecule has 0 saturated carbocycles. The van der Waals surface area contributed by atoms with Gasteiger partial charge in [-0.25, -0.2) is 0 Å². The summed E-state index contributed by atoms with van der Waals surface area (Å²) >= 11 is 0. The number of esters is 1. The van der Waals surface area contributed by atoms with Crippen LogP contribution < -0.4 is 23.7 Å². The van der Waals surface area contributed by atoms with Crippen LogP contribution >= 0.6 is 0 Å². The first-order valence-electron chi connectivity index (χ1n) is 12.1. The molecule has 3 aromatic carbocycles. The molecule has 0 N–H and O–H groups in total. The van der Waals surface area contributed by atoms with E-state index in [4.69, 9.17) is 23.7 Å². The van der Waals surface area contributed by atoms with Crippen molar-refractivity contribution in [1.29, 1.82) is 0 Å². The van der Waals surface area contributed by atoms with Crippen LogP contribution in [-0.4, -0.2) is 31.6 Å². The van der Waals surface area contributed by atoms with E-state index in [1.54, 1.807) is 18.2 Å². The molecule has 186 valence electrons. The fourth-order valence-electron chi connectivity index (χ4n) is 4.77. The maximum absolute atomic E-state index is 13.3. The van der Waals surface area contributed by atoms with E-state index in [0.29, 0.717) is 59.7 Å². The van der Waals surface area contributed by atoms with Gasteiger partial charge in [-0.15, -0.1) is 0 Å². The van der Waals surface area contributed by atoms with E-state index in [0.717, 1.165) is 16.7 Å². The van der Waals surface area contributed by atoms with Crippen LogP contribution in [0, 0.1) is 0 Å². The number of fused-ring (bicyclic) bond motifs is 4. The van der Waals surface area contributed by atoms with Crippen LogP contribution in [0.3, 0.4) is 0 Å². The number of ether oxygens (including phenoxy) is 5. The van der Waals surface area contributed by atoms with Crippen molar-refractivity contribution in [1.82, 2.24) is 0 Å². The first-order valence-corrected chi connectivity index (χ1v) is 12.1. The minimum absolute atomic E-state index is 0.0929. The van der Waals surface area contributed by atoms with Crippen molar-refractivity contribution in [3.8, 4) is 28.7 Å². The van der Waals surface area contributed by atoms with E-state index >= 15 is 0 Å². The molecule has 1 unspecified atom stereocenters. The molecule has 37 heavy (non-hydrogen) atoms. The molecule has 0 aliphatic carbocycles. The summed E-state index contributed by atoms with van der Waals surface area (Å²) in [6, 6.07) is 16.3. The quantitative estimate of drug-likeness (QED) is 0.201. The molecule has 3 aliphatic heterocycles. The number of Topliss-reactive ketones (excluding diaryl/α,β-unsaturated/α-hetero) is 1. The van der Waals surface area contributed by atoms with Gasteiger partial charge in [-0.05, 0) is 54.5 Å². The Kier molecular flexibility index (Phi) is 5.68. The number of hydrogen-bond acceptors (Lipinski definition) is 7. The minimum atomic E-state index is -0.408. The molecule has 0 fully saturated rings. The third kappa shape index (κ3) is 4.22. The van der Waals surface area contributed by atoms with Crippen molar-refractivity contribution in [2.75, 3.05) is 19.8 Å². The molecule has 7 nitrogen and oxygen atoms in total. The average Bonchev–Trinajstić information content (AvgIpc) is 3.21. The molecular formula is C30H24O7. The third-order valence-corrected chi connectivity index (χ3v) is 6.41. The molecule has 3 aliphatic rings. The highest BCUT2D eigenvalue weighted by Gasteiger charge is 2.39. The highest BCUT2D eigenvalue weighted by Crippen LogP contribution is 2.50. The molecular weight excluding hydrogens is 472 g/mol. The van der Waals surface area contributed by atoms with Gasteiger partial charge >= 0.3 is 5.97 Å². The van der Waals surface area contributed by atoms with E-state index < -0.39 is 5.92 Å². The van der Waals surface area contributed by atoms with Crippen molar-refractivity contribution in [2.24, 2.45) is 0 Å². The number of hydrogen-bond donors (Lipinski definition) is 0. The Morgan fingerprint density at radius 3 is 2.62 bits per heavy atom. The molecule has 6 rings (SSSR count). The summed E-state index contributed by atoms with van der Waals surface area (Å²) in [5, 5.41) is 0. The first kappa shape index (κ1) is 22.9. The summed E-state index contributed by atoms with van der Waals surface area (Å²) in [7, 11) is 0. The van der Waals surface area contributed by atoms with Crippen molar-refractivity contribution >= 4 is 17.8 Å². The van der Waals surface area contributed by atoms with Crippen LogP contribution in [0.1, 0.15) is 46.3 Å². The Morgan fingerprint density at radius 2 is 1.78 bits per heavy atom. The zero-order valence-electron chi connectivity index (χ0n) is 20.2. The maximum atomic E-state index is 13.3. The van der Waals surface area contributed by atoms with Gasteiger partial charge in [-0.3, -0.25) is 9.59 Å². The van der Waals surface area contributed by atoms with Gasteiger partial charge in [-0.1, -0.05) is 30.8 Å². The van der Waals surface area contributed by atoms with Gasteiger partial charge in [0.1, 0.15) is 37.1 Å². The summed E-state index contributed by atoms with van der Waals surface area (Å²) in [4.78, 5) is 25.9. The van der Waals surface area contributed by atoms with E-state index in [2.05, 4.69) is 6.58 Å². The zero-order chi connectivity index (χ0) is 25.5. The molecule has 0 amide bonds. The van der Waals surface area contributed by atoms with Gasteiger partial charge in [0, 0.05) is 17.0 Å². The SMILES string of the molecule is C=C(C)COc1ccccc1C1CC(=O)Oc2ccc3c(c21)O/C(=C\c1ccc2c(c1)OCCO2)C3=O. The van der Waals surface area contributed by atoms with Crippen LogP contribution in [-0.2, 0) is 4.79 Å². The summed E-state index contributed by atoms with van der Waals surface area (Å²) in [5.74, 6) is 1.89. The van der Waals surface area contributed by atoms with E-state index in [9.17, 15) is 9.59 Å². The number of para-hydroxylation sites is 1. The summed E-state index contributed by atoms with van der Waals surface area (Å²) in [5.41, 5.74) is 3.52. The minimum Gasteiger partial charge on any atom is -0.489 e. The lowest BCUT2D eigenvalue weighted by Gasteiger charge is -2.27. The van der Waals surface area contributed by atoms with Crippen molar-refractivity contribution in [3.63, 3.8) is 0 Å². The van der Waals surface area contributed by atoms with Crippen LogP contribution in [0.15, 0.2) is 72.5 Å². The Labute approximate surface area is 213 Å². The highest BCUT2D eigenvalue weighted by atomic mass is 16.6. The van der Waals surface area contributed by atoms with Gasteiger partial charge < -0.3 is 23.7 Å². The number of rotatable bonds is 5. The van der Waals surface area contributed by atoms with Crippen molar-refractivity contribution in [3.05, 3.63) is 94.8 Å². The standard InChI is InChI=1S/C30H24O7/c1-17(2)16-35-22-6-4-3-5-19(22)21-15-27(31)36-24-10-8-20-29(32)26(37-30(20)28(21)24)14-18-7-9-23-25(13-18)34-12-11-33-23/h3-10,13-14,21H,1,11-12,15-16H2,2H3/b26-14-. The van der Waals surface area contributed by atoms with Gasteiger partial charge in [-0.2, -0.15) is 0 Å². The largest absolute Gasteiger partial charge is 0.489 e. The molecule has 3 aromatic rings. The van der Waals surface area contributed by atoms with E-state index in [1.807, 2.05) is 49.4 Å². The number of carbonyl (C=O) groups excluding carboxylic acids is 2. The Bertz CT molecular complexity index is 1480. The predicted octanol–water partition coefficient (Wildman–Crippen LogP) is 5.47. The average molecular weight is 497 g/mol. The molecule has 0 bridgehead atoms. The molecule has 7 heteroatoms. The Balaban J connectivity index is 1.40. The molecule has 0 saturated heterocycles. The Hall–Kier alpha value is -4.52. The predicted molar refractivity (Wildman–Crippen MR) is 136 cm³/mol. The summed E-state index contributed by atoms with van der Waals surface area (Å²) in [6.45, 7) is 7.12. The normalized spacial score (nSPS) is 18.5. The van der Waals surface area contributed by atoms with E-state index in [-0.39, 0.29) is 23.9 Å². The molecule has 0 spiro atoms. The molecule has 0 aromatic heterocycles. The van der Waals surface area contributed by atoms with Gasteiger partial charge in [0.2, 0.25) is 5.78 Å². The molecule has 3 heterocycles. The topological polar surface area (TPSA) is 80.3 Å². The fourth-order valence-corrected chi connectivity index (χ4v) is 4.77. The third-order valence-electron chi connectivity index (χ3n) is 6.41. The van der Waals surface area contributed by atoms with Crippen LogP contribution in [0.4, 0.5) is 0 Å². The van der Waals surface area contributed by atoms with Gasteiger partial charge in [0.15, 0.2) is 17.3 Å². The van der Waals surface area contributed by atoms with Gasteiger partial charge in [0.05, 0.1) is 12.0 Å². The van der Waals surface area contributed by atoms with Crippen LogP contribution in [0.5, 0.6) is 28.7 Å². The second kappa shape index (κ2) is 9.17. The smallest absolute Gasteiger partial charge is 0.312 e. The van der Waals surface area contributed by atoms with Crippen molar-refractivity contribution in [2.45, 2.75) is 19.3 Å². The molecule has 0 radical (unpaired) electrons. The first-order chi connectivity index (χ1) is 18.0. The zero-order valence-corrected chi connectivity index (χ0v) is 20.2. The monoisotopic (exact) mass is 496 g/mol. The number of carbonyl (C=O) groups is 2. The lowest BCUT2D eigenvalue weighted by molar-refractivity contribution is -0.135. The lowest BCUT2D eigenvalue weighted by Crippen LogP contribution is -2.22. The van der Waals surface area contributed by atoms with Gasteiger partial charge in [0.25, 0.3) is 0 Å². The molecule has 1 atom stereocenters. The second-order valence-electron chi connectivity index (χ2n) is 9.21. The lowest BCUT2D eigenvalue weighted by atomic mass is 9.84. The van der Waals surface area contributed by atoms with Crippen LogP contribution in [0.2, 0.25) is 0 Å². The van der Waals surface area contributed by atoms with Crippen molar-refractivity contribution < 1.29 is 33.3 Å². The fraction of sp³-hybridized carbons (Fsp3) is 0.200. The Morgan fingerprint density at radius 1 is 1.00 bits per heavy atom. The summed E-state index contributed by atoms with van der Waals surface area (Å²) in [6.07, 6.45) is 1.77. The van der Waals surface area contributed by atoms with Crippen LogP contribution in [0.25, 0.3) is 6.08 Å². The number of benzene rings is 3. The number of ketones is 1. The summed E-state index contributed by atoms with van der Waals surface area (Å²) < 4.78 is 29.0.